The molecule has 0 saturated carbocycles. The van der Waals surface area contributed by atoms with E-state index in [9.17, 15) is 4.79 Å². The standard InChI is InChI=1S/C21H19N3O3/c1-26-18-10-14-8-9-16-15(21(25)24-17(14)11-19(18)27-2)12-22-20(23-16)13-6-4-3-5-7-13/h3-7,10-12H,8-9H2,1-2H3,(H,24,25). The van der Waals surface area contributed by atoms with Crippen LogP contribution < -0.4 is 14.8 Å². The number of amides is 1. The highest BCUT2D eigenvalue weighted by molar-refractivity contribution is 6.05. The van der Waals surface area contributed by atoms with Crippen molar-refractivity contribution >= 4 is 11.6 Å². The number of nitrogens with one attached hydrogen (secondary N) is 1. The molecule has 2 aromatic carbocycles. The predicted octanol–water partition coefficient (Wildman–Crippen LogP) is 3.51. The molecule has 0 spiro atoms. The van der Waals surface area contributed by atoms with Crippen LogP contribution in [-0.2, 0) is 12.8 Å². The van der Waals surface area contributed by atoms with Crippen LogP contribution in [0.25, 0.3) is 11.4 Å². The second-order valence-electron chi connectivity index (χ2n) is 6.24. The second kappa shape index (κ2) is 7.07. The van der Waals surface area contributed by atoms with Crippen LogP contribution in [0.3, 0.4) is 0 Å². The molecule has 4 rings (SSSR count). The molecule has 6 heteroatoms. The van der Waals surface area contributed by atoms with Gasteiger partial charge >= 0.3 is 0 Å². The minimum absolute atomic E-state index is 0.224. The number of aromatic nitrogens is 2. The quantitative estimate of drug-likeness (QED) is 0.773. The molecule has 2 heterocycles. The van der Waals surface area contributed by atoms with Gasteiger partial charge in [0, 0.05) is 23.5 Å². The van der Waals surface area contributed by atoms with Crippen LogP contribution >= 0.6 is 0 Å². The van der Waals surface area contributed by atoms with Gasteiger partial charge < -0.3 is 14.8 Å². The van der Waals surface area contributed by atoms with Gasteiger partial charge in [-0.3, -0.25) is 4.79 Å². The number of rotatable bonds is 3. The average molecular weight is 361 g/mol. The fourth-order valence-corrected chi connectivity index (χ4v) is 3.21. The highest BCUT2D eigenvalue weighted by atomic mass is 16.5. The number of benzene rings is 2. The van der Waals surface area contributed by atoms with Gasteiger partial charge in [-0.25, -0.2) is 9.97 Å². The third-order valence-electron chi connectivity index (χ3n) is 4.63. The molecule has 0 bridgehead atoms. The molecule has 0 aliphatic carbocycles. The molecule has 136 valence electrons. The van der Waals surface area contributed by atoms with E-state index >= 15 is 0 Å². The minimum Gasteiger partial charge on any atom is -0.493 e. The lowest BCUT2D eigenvalue weighted by atomic mass is 9.99. The van der Waals surface area contributed by atoms with Crippen LogP contribution in [0.4, 0.5) is 5.69 Å². The lowest BCUT2D eigenvalue weighted by molar-refractivity contribution is 0.102. The number of carbonyl (C=O) groups is 1. The summed E-state index contributed by atoms with van der Waals surface area (Å²) in [4.78, 5) is 21.8. The molecule has 1 N–H and O–H groups in total. The number of aryl methyl sites for hydroxylation is 2. The maximum absolute atomic E-state index is 12.8. The Morgan fingerprint density at radius 2 is 1.74 bits per heavy atom. The lowest BCUT2D eigenvalue weighted by Crippen LogP contribution is -2.20. The summed E-state index contributed by atoms with van der Waals surface area (Å²) < 4.78 is 10.7. The van der Waals surface area contributed by atoms with E-state index in [4.69, 9.17) is 9.47 Å². The van der Waals surface area contributed by atoms with Gasteiger partial charge in [0.1, 0.15) is 0 Å². The second-order valence-corrected chi connectivity index (χ2v) is 6.24. The van der Waals surface area contributed by atoms with Crippen molar-refractivity contribution in [1.82, 2.24) is 9.97 Å². The first-order valence-electron chi connectivity index (χ1n) is 8.67. The van der Waals surface area contributed by atoms with Crippen LogP contribution in [0.5, 0.6) is 11.5 Å². The zero-order valence-corrected chi connectivity index (χ0v) is 15.2. The third-order valence-corrected chi connectivity index (χ3v) is 4.63. The van der Waals surface area contributed by atoms with Gasteiger partial charge in [-0.1, -0.05) is 30.3 Å². The van der Waals surface area contributed by atoms with Crippen molar-refractivity contribution in [3.8, 4) is 22.9 Å². The van der Waals surface area contributed by atoms with Crippen LogP contribution in [0.2, 0.25) is 0 Å². The summed E-state index contributed by atoms with van der Waals surface area (Å²) in [5.41, 5.74) is 3.86. The molecule has 1 aliphatic heterocycles. The number of ether oxygens (including phenoxy) is 2. The zero-order chi connectivity index (χ0) is 18.8. The van der Waals surface area contributed by atoms with Gasteiger partial charge in [-0.05, 0) is 24.5 Å². The largest absolute Gasteiger partial charge is 0.493 e. The van der Waals surface area contributed by atoms with E-state index in [-0.39, 0.29) is 5.91 Å². The van der Waals surface area contributed by atoms with Gasteiger partial charge in [0.2, 0.25) is 0 Å². The van der Waals surface area contributed by atoms with E-state index < -0.39 is 0 Å². The fourth-order valence-electron chi connectivity index (χ4n) is 3.21. The Bertz CT molecular complexity index is 1000. The number of carbonyl (C=O) groups excluding carboxylic acids is 1. The summed E-state index contributed by atoms with van der Waals surface area (Å²) in [6.45, 7) is 0. The normalized spacial score (nSPS) is 12.9. The highest BCUT2D eigenvalue weighted by Crippen LogP contribution is 2.35. The minimum atomic E-state index is -0.224. The Morgan fingerprint density at radius 3 is 2.48 bits per heavy atom. The maximum Gasteiger partial charge on any atom is 0.259 e. The number of anilines is 1. The van der Waals surface area contributed by atoms with Crippen molar-refractivity contribution in [3.05, 3.63) is 65.5 Å². The summed E-state index contributed by atoms with van der Waals surface area (Å²) in [5, 5.41) is 2.95. The highest BCUT2D eigenvalue weighted by Gasteiger charge is 2.21. The molecule has 0 radical (unpaired) electrons. The lowest BCUT2D eigenvalue weighted by Gasteiger charge is -2.19. The topological polar surface area (TPSA) is 73.3 Å². The van der Waals surface area contributed by atoms with E-state index in [1.165, 1.54) is 0 Å². The molecular formula is C21H19N3O3. The average Bonchev–Trinajstić information content (AvgIpc) is 2.71. The Morgan fingerprint density at radius 1 is 1.00 bits per heavy atom. The van der Waals surface area contributed by atoms with Crippen LogP contribution in [0, 0.1) is 0 Å². The smallest absolute Gasteiger partial charge is 0.259 e. The molecule has 1 amide bonds. The monoisotopic (exact) mass is 361 g/mol. The van der Waals surface area contributed by atoms with Gasteiger partial charge in [0.25, 0.3) is 5.91 Å². The first kappa shape index (κ1) is 17.0. The zero-order valence-electron chi connectivity index (χ0n) is 15.2. The Balaban J connectivity index is 1.73. The summed E-state index contributed by atoms with van der Waals surface area (Å²) in [7, 11) is 3.17. The van der Waals surface area contributed by atoms with E-state index in [0.717, 1.165) is 22.5 Å². The molecule has 3 aromatic rings. The van der Waals surface area contributed by atoms with Gasteiger partial charge in [0.15, 0.2) is 17.3 Å². The van der Waals surface area contributed by atoms with Gasteiger partial charge in [-0.15, -0.1) is 0 Å². The van der Waals surface area contributed by atoms with E-state index in [2.05, 4.69) is 15.3 Å². The summed E-state index contributed by atoms with van der Waals surface area (Å²) in [6.07, 6.45) is 2.95. The molecule has 0 saturated heterocycles. The molecule has 27 heavy (non-hydrogen) atoms. The fraction of sp³-hybridized carbons (Fsp3) is 0.190. The summed E-state index contributed by atoms with van der Waals surface area (Å²) in [5.74, 6) is 1.61. The number of methoxy groups -OCH3 is 2. The van der Waals surface area contributed by atoms with Crippen molar-refractivity contribution < 1.29 is 14.3 Å². The number of nitrogens with zero attached hydrogens (tertiary/aromatic N) is 2. The SMILES string of the molecule is COc1cc2c(cc1OC)NC(=O)c1cnc(-c3ccccc3)nc1CC2. The molecule has 0 fully saturated rings. The van der Waals surface area contributed by atoms with Gasteiger partial charge in [0.05, 0.1) is 25.5 Å². The van der Waals surface area contributed by atoms with Gasteiger partial charge in [-0.2, -0.15) is 0 Å². The third kappa shape index (κ3) is 3.21. The Kier molecular flexibility index (Phi) is 4.46. The number of hydrogen-bond donors (Lipinski definition) is 1. The van der Waals surface area contributed by atoms with Crippen molar-refractivity contribution in [2.45, 2.75) is 12.8 Å². The van der Waals surface area contributed by atoms with Crippen LogP contribution in [0.1, 0.15) is 21.6 Å². The van der Waals surface area contributed by atoms with Crippen LogP contribution in [0.15, 0.2) is 48.7 Å². The molecule has 1 aromatic heterocycles. The maximum atomic E-state index is 12.8. The van der Waals surface area contributed by atoms with E-state index in [0.29, 0.717) is 35.7 Å². The van der Waals surface area contributed by atoms with E-state index in [1.807, 2.05) is 36.4 Å². The summed E-state index contributed by atoms with van der Waals surface area (Å²) in [6, 6.07) is 13.4. The van der Waals surface area contributed by atoms with Crippen molar-refractivity contribution in [3.63, 3.8) is 0 Å². The summed E-state index contributed by atoms with van der Waals surface area (Å²) >= 11 is 0. The molecular weight excluding hydrogens is 342 g/mol. The first-order chi connectivity index (χ1) is 13.2. The Hall–Kier alpha value is -3.41. The molecule has 1 aliphatic rings. The van der Waals surface area contributed by atoms with E-state index in [1.54, 1.807) is 26.5 Å². The molecule has 6 nitrogen and oxygen atoms in total. The van der Waals surface area contributed by atoms with Crippen molar-refractivity contribution in [2.24, 2.45) is 0 Å². The first-order valence-corrected chi connectivity index (χ1v) is 8.67. The molecule has 0 unspecified atom stereocenters. The van der Waals surface area contributed by atoms with Crippen molar-refractivity contribution in [1.29, 1.82) is 0 Å². The predicted molar refractivity (Wildman–Crippen MR) is 102 cm³/mol. The number of hydrogen-bond acceptors (Lipinski definition) is 5. The van der Waals surface area contributed by atoms with Crippen LogP contribution in [-0.4, -0.2) is 30.1 Å². The van der Waals surface area contributed by atoms with Crippen molar-refractivity contribution in [2.75, 3.05) is 19.5 Å². The number of fused-ring (bicyclic) bond motifs is 2. The Labute approximate surface area is 157 Å². The molecule has 0 atom stereocenters.